The van der Waals surface area contributed by atoms with Crippen LogP contribution in [0.25, 0.3) is 66.1 Å². The Balaban J connectivity index is 1.00. The van der Waals surface area contributed by atoms with E-state index in [1.54, 1.807) is 0 Å². The average molecular weight is 857 g/mol. The summed E-state index contributed by atoms with van der Waals surface area (Å²) >= 11 is 0. The highest BCUT2D eigenvalue weighted by Gasteiger charge is 2.36. The second kappa shape index (κ2) is 16.5. The largest absolute Gasteiger partial charge is 0.310 e. The van der Waals surface area contributed by atoms with Crippen molar-refractivity contribution in [3.8, 4) is 44.5 Å². The molecule has 11 aromatic rings. The quantitative estimate of drug-likeness (QED) is 0.133. The highest BCUT2D eigenvalue weighted by atomic mass is 15.1. The highest BCUT2D eigenvalue weighted by Crippen LogP contribution is 2.52. The fraction of sp³-hybridized carbons (Fsp3) is 0.0462. The molecule has 0 amide bonds. The Kier molecular flexibility index (Phi) is 9.88. The van der Waals surface area contributed by atoms with Crippen LogP contribution in [0.2, 0.25) is 0 Å². The Hall–Kier alpha value is -8.46. The minimum Gasteiger partial charge on any atom is -0.310 e. The molecule has 1 aliphatic rings. The molecule has 0 spiro atoms. The third kappa shape index (κ3) is 6.97. The SMILES string of the molecule is CC1(C)c2ccccc2-c2ccc(N(c3ccccc3)c3ccc(-c4c5ccccc5c(N(c5ccc(-c6ccccc6)cc5)c5ccc(-c6ccccc6)cc5)c5ccccc45)cc3)cc21. The molecule has 2 heteroatoms. The van der Waals surface area contributed by atoms with Gasteiger partial charge in [-0.25, -0.2) is 0 Å². The third-order valence-electron chi connectivity index (χ3n) is 13.8. The predicted molar refractivity (Wildman–Crippen MR) is 285 cm³/mol. The Morgan fingerprint density at radius 2 is 0.642 bits per heavy atom. The smallest absolute Gasteiger partial charge is 0.0618 e. The lowest BCUT2D eigenvalue weighted by Crippen LogP contribution is -2.16. The Morgan fingerprint density at radius 1 is 0.269 bits per heavy atom. The van der Waals surface area contributed by atoms with Crippen LogP contribution >= 0.6 is 0 Å². The summed E-state index contributed by atoms with van der Waals surface area (Å²) in [6.45, 7) is 4.71. The van der Waals surface area contributed by atoms with E-state index < -0.39 is 0 Å². The Morgan fingerprint density at radius 3 is 1.18 bits per heavy atom. The second-order valence-corrected chi connectivity index (χ2v) is 18.1. The van der Waals surface area contributed by atoms with Gasteiger partial charge in [0.1, 0.15) is 0 Å². The molecule has 0 radical (unpaired) electrons. The van der Waals surface area contributed by atoms with Gasteiger partial charge < -0.3 is 9.80 Å². The van der Waals surface area contributed by atoms with Crippen molar-refractivity contribution in [3.63, 3.8) is 0 Å². The molecule has 0 fully saturated rings. The van der Waals surface area contributed by atoms with Crippen molar-refractivity contribution in [1.82, 2.24) is 0 Å². The van der Waals surface area contributed by atoms with Gasteiger partial charge in [0, 0.05) is 44.6 Å². The highest BCUT2D eigenvalue weighted by molar-refractivity contribution is 6.22. The van der Waals surface area contributed by atoms with Crippen LogP contribution in [0.5, 0.6) is 0 Å². The maximum absolute atomic E-state index is 2.45. The van der Waals surface area contributed by atoms with E-state index in [1.807, 2.05) is 0 Å². The van der Waals surface area contributed by atoms with E-state index in [9.17, 15) is 0 Å². The number of benzene rings is 11. The molecule has 67 heavy (non-hydrogen) atoms. The number of nitrogens with zero attached hydrogens (tertiary/aromatic N) is 2. The molecule has 0 atom stereocenters. The zero-order chi connectivity index (χ0) is 44.9. The number of hydrogen-bond donors (Lipinski definition) is 0. The molecule has 0 N–H and O–H groups in total. The number of anilines is 6. The zero-order valence-corrected chi connectivity index (χ0v) is 37.6. The van der Waals surface area contributed by atoms with Crippen LogP contribution in [0, 0.1) is 0 Å². The summed E-state index contributed by atoms with van der Waals surface area (Å²) in [4.78, 5) is 4.85. The van der Waals surface area contributed by atoms with Crippen LogP contribution in [-0.4, -0.2) is 0 Å². The maximum atomic E-state index is 2.45. The Labute approximate surface area is 393 Å². The van der Waals surface area contributed by atoms with Crippen LogP contribution in [0.1, 0.15) is 25.0 Å². The standard InChI is InChI=1S/C65H48N2/c1-65(2)61-29-17-16-24-55(61)56-43-42-54(44-62(56)65)66(50-22-10-5-11-23-50)51-40-34-49(35-41-51)63-57-25-12-14-27-59(57)64(60-28-15-13-26-58(60)63)67(52-36-30-47(31-37-52)45-18-6-3-7-19-45)53-38-32-48(33-39-53)46-20-8-4-9-21-46/h3-44H,1-2H3. The summed E-state index contributed by atoms with van der Waals surface area (Å²) in [6.07, 6.45) is 0. The summed E-state index contributed by atoms with van der Waals surface area (Å²) in [5.74, 6) is 0. The van der Waals surface area contributed by atoms with Gasteiger partial charge in [0.2, 0.25) is 0 Å². The van der Waals surface area contributed by atoms with Crippen molar-refractivity contribution < 1.29 is 0 Å². The first-order valence-electron chi connectivity index (χ1n) is 23.3. The summed E-state index contributed by atoms with van der Waals surface area (Å²) in [5, 5.41) is 4.78. The predicted octanol–water partition coefficient (Wildman–Crippen LogP) is 18.2. The summed E-state index contributed by atoms with van der Waals surface area (Å²) in [7, 11) is 0. The zero-order valence-electron chi connectivity index (χ0n) is 37.6. The third-order valence-corrected chi connectivity index (χ3v) is 13.8. The first-order valence-corrected chi connectivity index (χ1v) is 23.3. The van der Waals surface area contributed by atoms with Crippen molar-refractivity contribution >= 4 is 55.7 Å². The van der Waals surface area contributed by atoms with E-state index in [0.717, 1.165) is 34.1 Å². The molecule has 0 saturated heterocycles. The molecule has 0 saturated carbocycles. The molecule has 318 valence electrons. The molecule has 11 aromatic carbocycles. The fourth-order valence-electron chi connectivity index (χ4n) is 10.6. The lowest BCUT2D eigenvalue weighted by molar-refractivity contribution is 0.660. The second-order valence-electron chi connectivity index (χ2n) is 18.1. The number of fused-ring (bicyclic) bond motifs is 5. The average Bonchev–Trinajstić information content (AvgIpc) is 3.63. The molecular weight excluding hydrogens is 809 g/mol. The van der Waals surface area contributed by atoms with Crippen LogP contribution in [0.4, 0.5) is 34.1 Å². The summed E-state index contributed by atoms with van der Waals surface area (Å²) < 4.78 is 0. The van der Waals surface area contributed by atoms with E-state index in [-0.39, 0.29) is 5.41 Å². The maximum Gasteiger partial charge on any atom is 0.0618 e. The fourth-order valence-corrected chi connectivity index (χ4v) is 10.6. The molecule has 12 rings (SSSR count). The van der Waals surface area contributed by atoms with Crippen LogP contribution in [0.3, 0.4) is 0 Å². The monoisotopic (exact) mass is 856 g/mol. The lowest BCUT2D eigenvalue weighted by atomic mass is 9.82. The van der Waals surface area contributed by atoms with Crippen LogP contribution < -0.4 is 9.80 Å². The summed E-state index contributed by atoms with van der Waals surface area (Å²) in [5.41, 5.74) is 19.2. The van der Waals surface area contributed by atoms with Crippen molar-refractivity contribution in [2.45, 2.75) is 19.3 Å². The van der Waals surface area contributed by atoms with Gasteiger partial charge in [0.05, 0.1) is 5.69 Å². The van der Waals surface area contributed by atoms with Crippen molar-refractivity contribution in [2.24, 2.45) is 0 Å². The number of hydrogen-bond acceptors (Lipinski definition) is 2. The molecule has 0 unspecified atom stereocenters. The van der Waals surface area contributed by atoms with Crippen molar-refractivity contribution in [3.05, 3.63) is 266 Å². The first kappa shape index (κ1) is 40.1. The van der Waals surface area contributed by atoms with Crippen LogP contribution in [0.15, 0.2) is 255 Å². The molecule has 0 aliphatic heterocycles. The van der Waals surface area contributed by atoms with Gasteiger partial charge in [0.15, 0.2) is 0 Å². The minimum absolute atomic E-state index is 0.102. The van der Waals surface area contributed by atoms with E-state index in [0.29, 0.717) is 0 Å². The van der Waals surface area contributed by atoms with Gasteiger partial charge >= 0.3 is 0 Å². The first-order chi connectivity index (χ1) is 33.0. The minimum atomic E-state index is -0.102. The van der Waals surface area contributed by atoms with E-state index in [1.165, 1.54) is 77.2 Å². The van der Waals surface area contributed by atoms with Gasteiger partial charge in [-0.3, -0.25) is 0 Å². The number of rotatable bonds is 9. The summed E-state index contributed by atoms with van der Waals surface area (Å²) in [6, 6.07) is 93.0. The van der Waals surface area contributed by atoms with Crippen molar-refractivity contribution in [1.29, 1.82) is 0 Å². The van der Waals surface area contributed by atoms with Gasteiger partial charge in [-0.2, -0.15) is 0 Å². The van der Waals surface area contributed by atoms with Crippen molar-refractivity contribution in [2.75, 3.05) is 9.80 Å². The van der Waals surface area contributed by atoms with E-state index in [2.05, 4.69) is 278 Å². The molecule has 0 heterocycles. The Bertz CT molecular complexity index is 3420. The van der Waals surface area contributed by atoms with E-state index in [4.69, 9.17) is 0 Å². The molecule has 2 nitrogen and oxygen atoms in total. The molecule has 0 bridgehead atoms. The van der Waals surface area contributed by atoms with Gasteiger partial charge in [-0.05, 0) is 127 Å². The van der Waals surface area contributed by atoms with Crippen LogP contribution in [-0.2, 0) is 5.41 Å². The topological polar surface area (TPSA) is 6.48 Å². The number of para-hydroxylation sites is 1. The normalized spacial score (nSPS) is 12.4. The molecular formula is C65H48N2. The van der Waals surface area contributed by atoms with Gasteiger partial charge in [-0.1, -0.05) is 208 Å². The van der Waals surface area contributed by atoms with E-state index >= 15 is 0 Å². The molecule has 1 aliphatic carbocycles. The lowest BCUT2D eigenvalue weighted by Gasteiger charge is -2.30. The molecule has 0 aromatic heterocycles. The van der Waals surface area contributed by atoms with Gasteiger partial charge in [-0.15, -0.1) is 0 Å². The van der Waals surface area contributed by atoms with Gasteiger partial charge in [0.25, 0.3) is 0 Å².